The summed E-state index contributed by atoms with van der Waals surface area (Å²) in [6.45, 7) is -1.05. The first-order valence-corrected chi connectivity index (χ1v) is 7.66. The second-order valence-corrected chi connectivity index (χ2v) is 5.77. The Morgan fingerprint density at radius 2 is 2.17 bits per heavy atom. The van der Waals surface area contributed by atoms with Gasteiger partial charge in [0.15, 0.2) is 5.65 Å². The molecule has 0 spiro atoms. The van der Waals surface area contributed by atoms with Crippen molar-refractivity contribution in [1.29, 1.82) is 0 Å². The Hall–Kier alpha value is -2.16. The number of rotatable bonds is 4. The maximum absolute atomic E-state index is 12.1. The van der Waals surface area contributed by atoms with Crippen molar-refractivity contribution in [2.24, 2.45) is 0 Å². The molecule has 1 atom stereocenters. The molecule has 0 aliphatic carbocycles. The van der Waals surface area contributed by atoms with Crippen LogP contribution in [0, 0.1) is 0 Å². The third kappa shape index (κ3) is 3.84. The number of carbonyl (C=O) groups excluding carboxylic acids is 1. The molecule has 6 nitrogen and oxygen atoms in total. The lowest BCUT2D eigenvalue weighted by molar-refractivity contribution is -0.178. The van der Waals surface area contributed by atoms with Crippen LogP contribution in [0.4, 0.5) is 13.2 Å². The molecule has 0 N–H and O–H groups in total. The van der Waals surface area contributed by atoms with Crippen molar-refractivity contribution >= 4 is 11.6 Å². The Morgan fingerprint density at radius 1 is 1.33 bits per heavy atom. The average Bonchev–Trinajstić information content (AvgIpc) is 2.98. The summed E-state index contributed by atoms with van der Waals surface area (Å²) in [5, 5.41) is 8.30. The summed E-state index contributed by atoms with van der Waals surface area (Å²) < 4.78 is 42.6. The molecule has 1 saturated heterocycles. The van der Waals surface area contributed by atoms with Crippen LogP contribution in [0.1, 0.15) is 24.6 Å². The predicted octanol–water partition coefficient (Wildman–Crippen LogP) is 2.01. The van der Waals surface area contributed by atoms with E-state index in [0.717, 1.165) is 24.3 Å². The van der Waals surface area contributed by atoms with Crippen LogP contribution in [-0.4, -0.2) is 57.9 Å². The highest BCUT2D eigenvalue weighted by molar-refractivity contribution is 5.77. The third-order valence-corrected chi connectivity index (χ3v) is 3.97. The monoisotopic (exact) mass is 342 g/mol. The van der Waals surface area contributed by atoms with E-state index in [1.807, 2.05) is 28.8 Å². The zero-order valence-corrected chi connectivity index (χ0v) is 12.9. The maximum atomic E-state index is 12.1. The number of fused-ring (bicyclic) bond motifs is 1. The summed E-state index contributed by atoms with van der Waals surface area (Å²) in [6.07, 6.45) is -0.955. The van der Waals surface area contributed by atoms with Gasteiger partial charge in [0, 0.05) is 25.2 Å². The predicted molar refractivity (Wildman–Crippen MR) is 78.4 cm³/mol. The van der Waals surface area contributed by atoms with Gasteiger partial charge < -0.3 is 9.64 Å². The van der Waals surface area contributed by atoms with Crippen molar-refractivity contribution in [3.8, 4) is 0 Å². The van der Waals surface area contributed by atoms with E-state index in [9.17, 15) is 18.0 Å². The molecule has 24 heavy (non-hydrogen) atoms. The van der Waals surface area contributed by atoms with Crippen molar-refractivity contribution < 1.29 is 22.7 Å². The first-order chi connectivity index (χ1) is 11.4. The Bertz CT molecular complexity index is 716. The molecule has 1 unspecified atom stereocenters. The topological polar surface area (TPSA) is 59.7 Å². The molecule has 3 heterocycles. The van der Waals surface area contributed by atoms with Gasteiger partial charge in [-0.05, 0) is 25.0 Å². The summed E-state index contributed by atoms with van der Waals surface area (Å²) in [5.74, 6) is 0.333. The number of aromatic nitrogens is 3. The van der Waals surface area contributed by atoms with E-state index < -0.39 is 25.3 Å². The lowest BCUT2D eigenvalue weighted by Gasteiger charge is -2.32. The molecular formula is C15H17F3N4O2. The Kier molecular flexibility index (Phi) is 4.70. The first-order valence-electron chi connectivity index (χ1n) is 7.66. The number of hydrogen-bond donors (Lipinski definition) is 0. The normalized spacial score (nSPS) is 19.0. The van der Waals surface area contributed by atoms with Crippen LogP contribution in [0.15, 0.2) is 24.4 Å². The van der Waals surface area contributed by atoms with E-state index in [-0.39, 0.29) is 5.92 Å². The van der Waals surface area contributed by atoms with Gasteiger partial charge in [-0.2, -0.15) is 13.2 Å². The van der Waals surface area contributed by atoms with Gasteiger partial charge in [0.2, 0.25) is 5.91 Å². The molecule has 2 aromatic heterocycles. The number of nitrogens with zero attached hydrogens (tertiary/aromatic N) is 4. The average molecular weight is 342 g/mol. The number of piperidine rings is 1. The van der Waals surface area contributed by atoms with Crippen LogP contribution in [0.2, 0.25) is 0 Å². The SMILES string of the molecule is O=C(COCC(F)(F)F)N1CCCC(c2nnc3ccccn23)C1. The van der Waals surface area contributed by atoms with Crippen molar-refractivity contribution in [1.82, 2.24) is 19.5 Å². The minimum atomic E-state index is -4.43. The van der Waals surface area contributed by atoms with Gasteiger partial charge in [-0.1, -0.05) is 6.07 Å². The number of amides is 1. The van der Waals surface area contributed by atoms with Crippen LogP contribution in [0.25, 0.3) is 5.65 Å². The summed E-state index contributed by atoms with van der Waals surface area (Å²) in [5.41, 5.74) is 0.726. The lowest BCUT2D eigenvalue weighted by Crippen LogP contribution is -2.41. The fourth-order valence-electron chi connectivity index (χ4n) is 2.90. The first kappa shape index (κ1) is 16.7. The highest BCUT2D eigenvalue weighted by Crippen LogP contribution is 2.26. The minimum absolute atomic E-state index is 0.00251. The smallest absolute Gasteiger partial charge is 0.362 e. The molecule has 1 amide bonds. The van der Waals surface area contributed by atoms with Crippen LogP contribution >= 0.6 is 0 Å². The molecule has 130 valence electrons. The van der Waals surface area contributed by atoms with Crippen LogP contribution in [-0.2, 0) is 9.53 Å². The van der Waals surface area contributed by atoms with E-state index in [2.05, 4.69) is 14.9 Å². The Balaban J connectivity index is 1.63. The van der Waals surface area contributed by atoms with Crippen molar-refractivity contribution in [3.05, 3.63) is 30.2 Å². The molecule has 0 bridgehead atoms. The summed E-state index contributed by atoms with van der Waals surface area (Å²) in [7, 11) is 0. The van der Waals surface area contributed by atoms with Crippen LogP contribution in [0.5, 0.6) is 0 Å². The summed E-state index contributed by atoms with van der Waals surface area (Å²) in [6, 6.07) is 5.58. The molecule has 1 aliphatic heterocycles. The molecule has 1 fully saturated rings. The molecule has 0 saturated carbocycles. The molecule has 3 rings (SSSR count). The van der Waals surface area contributed by atoms with E-state index in [0.29, 0.717) is 13.1 Å². The molecule has 1 aliphatic rings. The van der Waals surface area contributed by atoms with Gasteiger partial charge in [-0.15, -0.1) is 10.2 Å². The zero-order chi connectivity index (χ0) is 17.2. The summed E-state index contributed by atoms with van der Waals surface area (Å²) in [4.78, 5) is 13.6. The highest BCUT2D eigenvalue weighted by atomic mass is 19.4. The van der Waals surface area contributed by atoms with Gasteiger partial charge in [0.25, 0.3) is 0 Å². The molecule has 2 aromatic rings. The van der Waals surface area contributed by atoms with E-state index in [1.165, 1.54) is 4.90 Å². The van der Waals surface area contributed by atoms with Crippen molar-refractivity contribution in [3.63, 3.8) is 0 Å². The van der Waals surface area contributed by atoms with Crippen LogP contribution in [0.3, 0.4) is 0 Å². The number of hydrogen-bond acceptors (Lipinski definition) is 4. The number of pyridine rings is 1. The molecule has 0 radical (unpaired) electrons. The number of likely N-dealkylation sites (tertiary alicyclic amines) is 1. The largest absolute Gasteiger partial charge is 0.411 e. The summed E-state index contributed by atoms with van der Waals surface area (Å²) >= 11 is 0. The van der Waals surface area contributed by atoms with Gasteiger partial charge in [-0.3, -0.25) is 9.20 Å². The highest BCUT2D eigenvalue weighted by Gasteiger charge is 2.30. The molecule has 0 aromatic carbocycles. The number of alkyl halides is 3. The van der Waals surface area contributed by atoms with Crippen molar-refractivity contribution in [2.45, 2.75) is 24.9 Å². The minimum Gasteiger partial charge on any atom is -0.362 e. The quantitative estimate of drug-likeness (QED) is 0.853. The van der Waals surface area contributed by atoms with Gasteiger partial charge in [0.1, 0.15) is 19.0 Å². The molecular weight excluding hydrogens is 325 g/mol. The number of carbonyl (C=O) groups is 1. The van der Waals surface area contributed by atoms with Crippen molar-refractivity contribution in [2.75, 3.05) is 26.3 Å². The van der Waals surface area contributed by atoms with E-state index in [1.54, 1.807) is 0 Å². The fraction of sp³-hybridized carbons (Fsp3) is 0.533. The molecule has 9 heteroatoms. The van der Waals surface area contributed by atoms with Crippen LogP contribution < -0.4 is 0 Å². The van der Waals surface area contributed by atoms with Gasteiger partial charge in [-0.25, -0.2) is 0 Å². The van der Waals surface area contributed by atoms with E-state index >= 15 is 0 Å². The Labute approximate surface area is 136 Å². The second kappa shape index (κ2) is 6.76. The Morgan fingerprint density at radius 3 is 2.96 bits per heavy atom. The van der Waals surface area contributed by atoms with E-state index in [4.69, 9.17) is 0 Å². The zero-order valence-electron chi connectivity index (χ0n) is 12.9. The number of ether oxygens (including phenoxy) is 1. The third-order valence-electron chi connectivity index (χ3n) is 3.97. The van der Waals surface area contributed by atoms with Gasteiger partial charge in [0.05, 0.1) is 0 Å². The second-order valence-electron chi connectivity index (χ2n) is 5.77. The standard InChI is InChI=1S/C15H17F3N4O2/c16-15(17,18)10-24-9-13(23)21-6-3-4-11(8-21)14-20-19-12-5-1-2-7-22(12)14/h1-2,5,7,11H,3-4,6,8-10H2. The fourth-order valence-corrected chi connectivity index (χ4v) is 2.90. The maximum Gasteiger partial charge on any atom is 0.411 e. The number of halogens is 3. The lowest BCUT2D eigenvalue weighted by atomic mass is 9.97. The van der Waals surface area contributed by atoms with Gasteiger partial charge >= 0.3 is 6.18 Å².